The lowest BCUT2D eigenvalue weighted by Gasteiger charge is -2.15. The number of benzene rings is 1. The first-order valence-corrected chi connectivity index (χ1v) is 4.08. The third-order valence-electron chi connectivity index (χ3n) is 2.01. The van der Waals surface area contributed by atoms with Crippen molar-refractivity contribution in [3.8, 4) is 0 Å². The summed E-state index contributed by atoms with van der Waals surface area (Å²) in [5.74, 6) is 0. The molecule has 1 rings (SSSR count). The zero-order valence-electron chi connectivity index (χ0n) is 8.00. The molecule has 0 saturated heterocycles. The lowest BCUT2D eigenvalue weighted by Crippen LogP contribution is -2.14. The van der Waals surface area contributed by atoms with Crippen molar-refractivity contribution in [1.29, 1.82) is 0 Å². The van der Waals surface area contributed by atoms with Crippen LogP contribution in [0.2, 0.25) is 0 Å². The van der Waals surface area contributed by atoms with E-state index >= 15 is 0 Å². The zero-order chi connectivity index (χ0) is 12.7. The van der Waals surface area contributed by atoms with Crippen molar-refractivity contribution in [3.63, 3.8) is 0 Å². The fourth-order valence-electron chi connectivity index (χ4n) is 1.28. The smallest absolute Gasteiger partial charge is 0.398 e. The highest BCUT2D eigenvalue weighted by Crippen LogP contribution is 2.39. The van der Waals surface area contributed by atoms with Crippen LogP contribution in [0.25, 0.3) is 0 Å². The Morgan fingerprint density at radius 2 is 1.31 bits per heavy atom. The van der Waals surface area contributed by atoms with E-state index in [9.17, 15) is 26.3 Å². The van der Waals surface area contributed by atoms with Crippen LogP contribution in [-0.4, -0.2) is 0 Å². The molecular formula is C9H7F6N. The van der Waals surface area contributed by atoms with E-state index in [1.807, 2.05) is 0 Å². The molecule has 0 spiro atoms. The normalized spacial score (nSPS) is 12.9. The highest BCUT2D eigenvalue weighted by atomic mass is 19.4. The Kier molecular flexibility index (Phi) is 2.82. The number of halogens is 6. The average Bonchev–Trinajstić information content (AvgIpc) is 1.97. The summed E-state index contributed by atoms with van der Waals surface area (Å²) in [5, 5.41) is 0. The van der Waals surface area contributed by atoms with E-state index in [-0.39, 0.29) is 11.6 Å². The lowest BCUT2D eigenvalue weighted by molar-refractivity contribution is -0.142. The molecule has 0 unspecified atom stereocenters. The first kappa shape index (κ1) is 12.7. The maximum atomic E-state index is 12.3. The van der Waals surface area contributed by atoms with Crippen molar-refractivity contribution in [3.05, 3.63) is 28.8 Å². The minimum atomic E-state index is -4.89. The molecular weight excluding hydrogens is 236 g/mol. The molecule has 0 bridgehead atoms. The summed E-state index contributed by atoms with van der Waals surface area (Å²) >= 11 is 0. The number of aryl methyl sites for hydroxylation is 1. The van der Waals surface area contributed by atoms with Gasteiger partial charge in [0.15, 0.2) is 0 Å². The number of hydrogen-bond donors (Lipinski definition) is 1. The number of hydrogen-bond acceptors (Lipinski definition) is 1. The van der Waals surface area contributed by atoms with Crippen LogP contribution in [0, 0.1) is 6.92 Å². The average molecular weight is 243 g/mol. The molecule has 0 aliphatic rings. The van der Waals surface area contributed by atoms with Gasteiger partial charge in [-0.2, -0.15) is 26.3 Å². The zero-order valence-corrected chi connectivity index (χ0v) is 8.00. The van der Waals surface area contributed by atoms with Gasteiger partial charge in [0.2, 0.25) is 0 Å². The predicted molar refractivity (Wildman–Crippen MR) is 45.6 cm³/mol. The van der Waals surface area contributed by atoms with Crippen LogP contribution in [-0.2, 0) is 12.4 Å². The molecule has 0 aromatic heterocycles. The van der Waals surface area contributed by atoms with Crippen molar-refractivity contribution in [2.75, 3.05) is 5.73 Å². The minimum Gasteiger partial charge on any atom is -0.398 e. The molecule has 0 amide bonds. The highest BCUT2D eigenvalue weighted by Gasteiger charge is 2.38. The maximum absolute atomic E-state index is 12.3. The second-order valence-corrected chi connectivity index (χ2v) is 3.25. The molecule has 90 valence electrons. The van der Waals surface area contributed by atoms with Gasteiger partial charge >= 0.3 is 12.4 Å². The molecule has 1 aromatic rings. The van der Waals surface area contributed by atoms with Crippen molar-refractivity contribution >= 4 is 5.69 Å². The minimum absolute atomic E-state index is 0.0324. The lowest BCUT2D eigenvalue weighted by atomic mass is 10.0. The van der Waals surface area contributed by atoms with Gasteiger partial charge in [-0.15, -0.1) is 0 Å². The molecule has 0 heterocycles. The van der Waals surface area contributed by atoms with E-state index in [4.69, 9.17) is 5.73 Å². The fourth-order valence-corrected chi connectivity index (χ4v) is 1.28. The van der Waals surface area contributed by atoms with E-state index < -0.39 is 29.2 Å². The molecule has 0 aliphatic heterocycles. The van der Waals surface area contributed by atoms with E-state index in [1.54, 1.807) is 0 Å². The molecule has 16 heavy (non-hydrogen) atoms. The van der Waals surface area contributed by atoms with Gasteiger partial charge in [-0.25, -0.2) is 0 Å². The quantitative estimate of drug-likeness (QED) is 0.546. The number of nitrogen functional groups attached to an aromatic ring is 1. The third kappa shape index (κ3) is 2.40. The van der Waals surface area contributed by atoms with Crippen molar-refractivity contribution < 1.29 is 26.3 Å². The Morgan fingerprint density at radius 1 is 0.875 bits per heavy atom. The molecule has 2 N–H and O–H groups in total. The SMILES string of the molecule is Cc1cc(N)c(C(F)(F)F)cc1C(F)(F)F. The third-order valence-corrected chi connectivity index (χ3v) is 2.01. The predicted octanol–water partition coefficient (Wildman–Crippen LogP) is 3.61. The second kappa shape index (κ2) is 3.57. The topological polar surface area (TPSA) is 26.0 Å². The van der Waals surface area contributed by atoms with Gasteiger partial charge in [0, 0.05) is 5.69 Å². The van der Waals surface area contributed by atoms with Crippen LogP contribution in [0.3, 0.4) is 0 Å². The van der Waals surface area contributed by atoms with Crippen LogP contribution in [0.5, 0.6) is 0 Å². The number of rotatable bonds is 0. The Morgan fingerprint density at radius 3 is 1.69 bits per heavy atom. The van der Waals surface area contributed by atoms with Crippen LogP contribution < -0.4 is 5.73 Å². The van der Waals surface area contributed by atoms with Crippen LogP contribution >= 0.6 is 0 Å². The molecule has 0 fully saturated rings. The summed E-state index contributed by atoms with van der Waals surface area (Å²) in [6.07, 6.45) is -9.71. The Hall–Kier alpha value is -1.40. The second-order valence-electron chi connectivity index (χ2n) is 3.25. The van der Waals surface area contributed by atoms with Crippen LogP contribution in [0.15, 0.2) is 12.1 Å². The summed E-state index contributed by atoms with van der Waals surface area (Å²) in [6, 6.07) is 0.705. The Bertz CT molecular complexity index is 368. The van der Waals surface area contributed by atoms with Gasteiger partial charge in [0.1, 0.15) is 0 Å². The van der Waals surface area contributed by atoms with Gasteiger partial charge in [0.05, 0.1) is 11.1 Å². The summed E-state index contributed by atoms with van der Waals surface area (Å²) in [7, 11) is 0. The summed E-state index contributed by atoms with van der Waals surface area (Å²) in [6.45, 7) is 1.05. The maximum Gasteiger partial charge on any atom is 0.418 e. The number of anilines is 1. The van der Waals surface area contributed by atoms with Crippen LogP contribution in [0.1, 0.15) is 16.7 Å². The summed E-state index contributed by atoms with van der Waals surface area (Å²) < 4.78 is 73.9. The molecule has 1 aromatic carbocycles. The van der Waals surface area contributed by atoms with Gasteiger partial charge in [-0.3, -0.25) is 0 Å². The van der Waals surface area contributed by atoms with Crippen molar-refractivity contribution in [2.24, 2.45) is 0 Å². The van der Waals surface area contributed by atoms with Gasteiger partial charge < -0.3 is 5.73 Å². The molecule has 0 radical (unpaired) electrons. The molecule has 0 atom stereocenters. The summed E-state index contributed by atoms with van der Waals surface area (Å²) in [4.78, 5) is 0. The number of alkyl halides is 6. The Labute approximate surface area is 86.9 Å². The highest BCUT2D eigenvalue weighted by molar-refractivity contribution is 5.54. The van der Waals surface area contributed by atoms with Gasteiger partial charge in [-0.1, -0.05) is 0 Å². The first-order chi connectivity index (χ1) is 7.03. The van der Waals surface area contributed by atoms with Crippen LogP contribution in [0.4, 0.5) is 32.0 Å². The Balaban J connectivity index is 3.45. The van der Waals surface area contributed by atoms with Crippen molar-refractivity contribution in [1.82, 2.24) is 0 Å². The standard InChI is InChI=1S/C9H7F6N/c1-4-2-7(16)6(9(13,14)15)3-5(4)8(10,11)12/h2-3H,16H2,1H3. The summed E-state index contributed by atoms with van der Waals surface area (Å²) in [5.41, 5.74) is 1.19. The largest absolute Gasteiger partial charge is 0.418 e. The first-order valence-electron chi connectivity index (χ1n) is 4.08. The monoisotopic (exact) mass is 243 g/mol. The van der Waals surface area contributed by atoms with E-state index in [2.05, 4.69) is 0 Å². The molecule has 7 heteroatoms. The molecule has 0 saturated carbocycles. The van der Waals surface area contributed by atoms with Gasteiger partial charge in [0.25, 0.3) is 0 Å². The fraction of sp³-hybridized carbons (Fsp3) is 0.333. The molecule has 1 nitrogen and oxygen atoms in total. The van der Waals surface area contributed by atoms with Crippen molar-refractivity contribution in [2.45, 2.75) is 19.3 Å². The number of nitrogens with two attached hydrogens (primary N) is 1. The van der Waals surface area contributed by atoms with E-state index in [1.165, 1.54) is 0 Å². The van der Waals surface area contributed by atoms with E-state index in [0.29, 0.717) is 6.07 Å². The van der Waals surface area contributed by atoms with Gasteiger partial charge in [-0.05, 0) is 24.6 Å². The van der Waals surface area contributed by atoms with E-state index in [0.717, 1.165) is 6.92 Å². The molecule has 0 aliphatic carbocycles.